The molecule has 1 unspecified atom stereocenters. The summed E-state index contributed by atoms with van der Waals surface area (Å²) in [4.78, 5) is 49.6. The molecule has 0 aliphatic heterocycles. The summed E-state index contributed by atoms with van der Waals surface area (Å²) in [6.45, 7) is 6.29. The van der Waals surface area contributed by atoms with Crippen LogP contribution >= 0.6 is 11.6 Å². The van der Waals surface area contributed by atoms with E-state index in [1.807, 2.05) is 6.92 Å². The van der Waals surface area contributed by atoms with Crippen molar-refractivity contribution in [1.82, 2.24) is 10.2 Å². The molecular formula is C21H28ClN3O6. The van der Waals surface area contributed by atoms with Crippen LogP contribution in [0.4, 0.5) is 5.69 Å². The quantitative estimate of drug-likeness (QED) is 0.312. The van der Waals surface area contributed by atoms with E-state index in [2.05, 4.69) is 5.32 Å². The van der Waals surface area contributed by atoms with Crippen LogP contribution in [0.5, 0.6) is 0 Å². The predicted octanol–water partition coefficient (Wildman–Crippen LogP) is 3.19. The highest BCUT2D eigenvalue weighted by Crippen LogP contribution is 2.29. The molecule has 9 nitrogen and oxygen atoms in total. The molecule has 1 aromatic rings. The fourth-order valence-corrected chi connectivity index (χ4v) is 3.22. The van der Waals surface area contributed by atoms with Crippen molar-refractivity contribution in [2.24, 2.45) is 11.8 Å². The maximum Gasteiger partial charge on any atom is 0.329 e. The third-order valence-corrected chi connectivity index (χ3v) is 5.29. The van der Waals surface area contributed by atoms with Crippen LogP contribution in [-0.2, 0) is 14.3 Å². The molecule has 1 fully saturated rings. The number of rotatable bonds is 11. The Bertz CT molecular complexity index is 840. The van der Waals surface area contributed by atoms with Gasteiger partial charge in [-0.1, -0.05) is 32.4 Å². The van der Waals surface area contributed by atoms with Gasteiger partial charge < -0.3 is 15.0 Å². The van der Waals surface area contributed by atoms with E-state index in [0.717, 1.165) is 25.3 Å². The van der Waals surface area contributed by atoms with E-state index in [-0.39, 0.29) is 22.4 Å². The molecule has 2 amide bonds. The Hall–Kier alpha value is -2.68. The minimum absolute atomic E-state index is 0.0100. The Morgan fingerprint density at radius 2 is 2.00 bits per heavy atom. The first-order valence-corrected chi connectivity index (χ1v) is 10.7. The fourth-order valence-electron chi connectivity index (χ4n) is 3.03. The molecule has 0 radical (unpaired) electrons. The topological polar surface area (TPSA) is 119 Å². The lowest BCUT2D eigenvalue weighted by Gasteiger charge is -2.24. The molecule has 2 rings (SSSR count). The zero-order chi connectivity index (χ0) is 23.1. The van der Waals surface area contributed by atoms with E-state index < -0.39 is 35.1 Å². The maximum atomic E-state index is 12.6. The van der Waals surface area contributed by atoms with Gasteiger partial charge in [0.2, 0.25) is 0 Å². The smallest absolute Gasteiger partial charge is 0.329 e. The first-order chi connectivity index (χ1) is 14.6. The van der Waals surface area contributed by atoms with E-state index in [9.17, 15) is 24.5 Å². The van der Waals surface area contributed by atoms with Gasteiger partial charge in [-0.3, -0.25) is 19.7 Å². The van der Waals surface area contributed by atoms with Crippen molar-refractivity contribution in [1.29, 1.82) is 0 Å². The first kappa shape index (κ1) is 24.6. The number of nitrogens with zero attached hydrogens (tertiary/aromatic N) is 2. The molecule has 0 spiro atoms. The Morgan fingerprint density at radius 1 is 1.32 bits per heavy atom. The van der Waals surface area contributed by atoms with Crippen LogP contribution in [0.2, 0.25) is 5.02 Å². The van der Waals surface area contributed by atoms with Gasteiger partial charge in [-0.25, -0.2) is 4.79 Å². The Balaban J connectivity index is 2.00. The van der Waals surface area contributed by atoms with Crippen molar-refractivity contribution in [2.45, 2.75) is 46.1 Å². The summed E-state index contributed by atoms with van der Waals surface area (Å²) in [7, 11) is 0. The minimum Gasteiger partial charge on any atom is -0.454 e. The molecule has 0 heterocycles. The number of halogens is 1. The van der Waals surface area contributed by atoms with Gasteiger partial charge in [0, 0.05) is 24.7 Å². The van der Waals surface area contributed by atoms with Gasteiger partial charge >= 0.3 is 5.97 Å². The monoisotopic (exact) mass is 453 g/mol. The fraction of sp³-hybridized carbons (Fsp3) is 0.571. The zero-order valence-electron chi connectivity index (χ0n) is 17.9. The van der Waals surface area contributed by atoms with Crippen molar-refractivity contribution < 1.29 is 24.0 Å². The van der Waals surface area contributed by atoms with Crippen molar-refractivity contribution in [3.8, 4) is 0 Å². The zero-order valence-corrected chi connectivity index (χ0v) is 18.7. The second-order valence-electron chi connectivity index (χ2n) is 8.01. The van der Waals surface area contributed by atoms with Crippen molar-refractivity contribution in [3.05, 3.63) is 38.9 Å². The highest BCUT2D eigenvalue weighted by Gasteiger charge is 2.30. The minimum atomic E-state index is -1.02. The molecule has 10 heteroatoms. The number of nitro benzene ring substituents is 1. The number of carbonyl (C=O) groups excluding carboxylic acids is 3. The number of nitro groups is 1. The summed E-state index contributed by atoms with van der Waals surface area (Å²) in [5, 5.41) is 13.5. The summed E-state index contributed by atoms with van der Waals surface area (Å²) in [6.07, 6.45) is 3.03. The van der Waals surface area contributed by atoms with Gasteiger partial charge in [-0.05, 0) is 43.2 Å². The lowest BCUT2D eigenvalue weighted by molar-refractivity contribution is -0.384. The average molecular weight is 454 g/mol. The van der Waals surface area contributed by atoms with Crippen LogP contribution < -0.4 is 5.32 Å². The lowest BCUT2D eigenvalue weighted by Crippen LogP contribution is -2.46. The molecule has 1 N–H and O–H groups in total. The SMILES string of the molecule is CCCN(CC1CC1)C(=O)COC(=O)C(NC(=O)c1ccc(Cl)c([N+](=O)[O-])c1)C(C)C. The molecule has 1 aliphatic rings. The summed E-state index contributed by atoms with van der Waals surface area (Å²) < 4.78 is 5.20. The van der Waals surface area contributed by atoms with Crippen molar-refractivity contribution in [2.75, 3.05) is 19.7 Å². The van der Waals surface area contributed by atoms with Crippen molar-refractivity contribution >= 4 is 35.1 Å². The summed E-state index contributed by atoms with van der Waals surface area (Å²) in [5.74, 6) is -1.47. The van der Waals surface area contributed by atoms with Gasteiger partial charge in [0.05, 0.1) is 4.92 Å². The van der Waals surface area contributed by atoms with E-state index in [0.29, 0.717) is 19.0 Å². The lowest BCUT2D eigenvalue weighted by atomic mass is 10.0. The van der Waals surface area contributed by atoms with Crippen LogP contribution in [-0.4, -0.2) is 53.3 Å². The second-order valence-corrected chi connectivity index (χ2v) is 8.42. The Morgan fingerprint density at radius 3 is 2.55 bits per heavy atom. The maximum absolute atomic E-state index is 12.6. The van der Waals surface area contributed by atoms with Crippen LogP contribution in [0.1, 0.15) is 50.4 Å². The second kappa shape index (κ2) is 11.1. The molecule has 170 valence electrons. The molecule has 1 saturated carbocycles. The van der Waals surface area contributed by atoms with Gasteiger partial charge in [0.1, 0.15) is 11.1 Å². The highest BCUT2D eigenvalue weighted by molar-refractivity contribution is 6.32. The van der Waals surface area contributed by atoms with E-state index in [1.54, 1.807) is 18.7 Å². The third kappa shape index (κ3) is 7.20. The van der Waals surface area contributed by atoms with Crippen LogP contribution in [0.25, 0.3) is 0 Å². The van der Waals surface area contributed by atoms with Gasteiger partial charge in [0.15, 0.2) is 6.61 Å². The standard InChI is InChI=1S/C21H28ClN3O6/c1-4-9-24(11-14-5-6-14)18(26)12-31-21(28)19(13(2)3)23-20(27)15-7-8-16(22)17(10-15)25(29)30/h7-8,10,13-14,19H,4-6,9,11-12H2,1-3H3,(H,23,27). The average Bonchev–Trinajstić information content (AvgIpc) is 3.53. The van der Waals surface area contributed by atoms with Crippen LogP contribution in [0.15, 0.2) is 18.2 Å². The number of amides is 2. The normalized spacial score (nSPS) is 14.1. The summed E-state index contributed by atoms with van der Waals surface area (Å²) in [6, 6.07) is 2.61. The van der Waals surface area contributed by atoms with Gasteiger partial charge in [0.25, 0.3) is 17.5 Å². The molecule has 0 saturated heterocycles. The number of benzene rings is 1. The molecular weight excluding hydrogens is 426 g/mol. The Labute approximate surface area is 186 Å². The molecule has 0 aromatic heterocycles. The number of esters is 1. The van der Waals surface area contributed by atoms with E-state index in [4.69, 9.17) is 16.3 Å². The Kier molecular flexibility index (Phi) is 8.79. The molecule has 1 aromatic carbocycles. The van der Waals surface area contributed by atoms with Crippen LogP contribution in [0.3, 0.4) is 0 Å². The molecule has 31 heavy (non-hydrogen) atoms. The number of carbonyl (C=O) groups is 3. The summed E-state index contributed by atoms with van der Waals surface area (Å²) in [5.41, 5.74) is -0.417. The van der Waals surface area contributed by atoms with E-state index >= 15 is 0 Å². The number of hydrogen-bond donors (Lipinski definition) is 1. The molecule has 1 atom stereocenters. The largest absolute Gasteiger partial charge is 0.454 e. The highest BCUT2D eigenvalue weighted by atomic mass is 35.5. The van der Waals surface area contributed by atoms with Gasteiger partial charge in [-0.15, -0.1) is 0 Å². The van der Waals surface area contributed by atoms with E-state index in [1.165, 1.54) is 12.1 Å². The number of ether oxygens (including phenoxy) is 1. The van der Waals surface area contributed by atoms with Crippen molar-refractivity contribution in [3.63, 3.8) is 0 Å². The summed E-state index contributed by atoms with van der Waals surface area (Å²) >= 11 is 5.77. The predicted molar refractivity (Wildman–Crippen MR) is 115 cm³/mol. The number of nitrogens with one attached hydrogen (secondary N) is 1. The third-order valence-electron chi connectivity index (χ3n) is 4.97. The molecule has 1 aliphatic carbocycles. The first-order valence-electron chi connectivity index (χ1n) is 10.3. The van der Waals surface area contributed by atoms with Crippen LogP contribution in [0, 0.1) is 22.0 Å². The number of hydrogen-bond acceptors (Lipinski definition) is 6. The van der Waals surface area contributed by atoms with Gasteiger partial charge in [-0.2, -0.15) is 0 Å². The molecule has 0 bridgehead atoms.